The molecule has 3 heterocycles. The van der Waals surface area contributed by atoms with Gasteiger partial charge in [0.25, 0.3) is 11.8 Å². The van der Waals surface area contributed by atoms with Crippen LogP contribution in [0, 0.1) is 0 Å². The maximum Gasteiger partial charge on any atom is 0.268 e. The first kappa shape index (κ1) is 15.6. The second-order valence-corrected chi connectivity index (χ2v) is 6.51. The molecule has 23 heavy (non-hydrogen) atoms. The molecule has 2 aromatic heterocycles. The number of rotatable bonds is 3. The monoisotopic (exact) mass is 330 g/mol. The molecule has 2 N–H and O–H groups in total. The third-order valence-electron chi connectivity index (χ3n) is 4.08. The number of amides is 2. The van der Waals surface area contributed by atoms with Crippen LogP contribution in [0.15, 0.2) is 35.8 Å². The van der Waals surface area contributed by atoms with Crippen LogP contribution in [-0.2, 0) is 0 Å². The molecule has 1 unspecified atom stereocenters. The van der Waals surface area contributed by atoms with E-state index in [-0.39, 0.29) is 23.2 Å². The Balaban J connectivity index is 1.85. The van der Waals surface area contributed by atoms with Gasteiger partial charge < -0.3 is 10.6 Å². The Morgan fingerprint density at radius 1 is 1.30 bits per heavy atom. The Kier molecular flexibility index (Phi) is 4.40. The number of aromatic nitrogens is 1. The minimum absolute atomic E-state index is 0.0316. The average molecular weight is 330 g/mol. The molecule has 0 radical (unpaired) electrons. The molecule has 2 amide bonds. The summed E-state index contributed by atoms with van der Waals surface area (Å²) in [5.74, 6) is -0.876. The molecule has 1 aliphatic heterocycles. The Bertz CT molecular complexity index is 717. The van der Waals surface area contributed by atoms with Crippen molar-refractivity contribution in [3.05, 3.63) is 52.0 Å². The van der Waals surface area contributed by atoms with E-state index >= 15 is 0 Å². The van der Waals surface area contributed by atoms with E-state index in [1.54, 1.807) is 28.4 Å². The number of piperazine rings is 1. The molecular weight excluding hydrogens is 312 g/mol. The Labute approximate surface area is 138 Å². The third-order valence-corrected chi connectivity index (χ3v) is 5.05. The van der Waals surface area contributed by atoms with Gasteiger partial charge in [-0.2, -0.15) is 0 Å². The first-order valence-corrected chi connectivity index (χ1v) is 8.23. The summed E-state index contributed by atoms with van der Waals surface area (Å²) >= 11 is 1.68. The van der Waals surface area contributed by atoms with E-state index in [0.717, 1.165) is 6.54 Å². The van der Waals surface area contributed by atoms with E-state index in [4.69, 9.17) is 5.73 Å². The van der Waals surface area contributed by atoms with Gasteiger partial charge in [-0.25, -0.2) is 0 Å². The Hall–Kier alpha value is -2.25. The zero-order valence-electron chi connectivity index (χ0n) is 12.8. The molecule has 1 atom stereocenters. The maximum absolute atomic E-state index is 12.8. The summed E-state index contributed by atoms with van der Waals surface area (Å²) in [4.78, 5) is 33.5. The van der Waals surface area contributed by atoms with E-state index < -0.39 is 5.91 Å². The van der Waals surface area contributed by atoms with E-state index in [0.29, 0.717) is 13.1 Å². The van der Waals surface area contributed by atoms with Gasteiger partial charge in [0, 0.05) is 30.7 Å². The normalized spacial score (nSPS) is 18.8. The fraction of sp³-hybridized carbons (Fsp3) is 0.312. The van der Waals surface area contributed by atoms with Crippen molar-refractivity contribution >= 4 is 23.2 Å². The molecular formula is C16H18N4O2S. The SMILES string of the molecule is CN1CCN(C(=O)c2cccnc2C(N)=O)CC1c1cccs1. The van der Waals surface area contributed by atoms with Crippen LogP contribution in [0.2, 0.25) is 0 Å². The molecule has 120 valence electrons. The lowest BCUT2D eigenvalue weighted by molar-refractivity contribution is 0.0548. The number of hydrogen-bond donors (Lipinski definition) is 1. The van der Waals surface area contributed by atoms with Crippen LogP contribution in [0.4, 0.5) is 0 Å². The van der Waals surface area contributed by atoms with Gasteiger partial charge >= 0.3 is 0 Å². The van der Waals surface area contributed by atoms with E-state index in [9.17, 15) is 9.59 Å². The number of carbonyl (C=O) groups is 2. The van der Waals surface area contributed by atoms with Crippen molar-refractivity contribution in [2.45, 2.75) is 6.04 Å². The molecule has 7 heteroatoms. The lowest BCUT2D eigenvalue weighted by Gasteiger charge is -2.39. The van der Waals surface area contributed by atoms with E-state index in [1.807, 2.05) is 11.4 Å². The van der Waals surface area contributed by atoms with Crippen molar-refractivity contribution < 1.29 is 9.59 Å². The molecule has 3 rings (SSSR count). The van der Waals surface area contributed by atoms with Crippen molar-refractivity contribution in [2.75, 3.05) is 26.7 Å². The first-order valence-electron chi connectivity index (χ1n) is 7.35. The van der Waals surface area contributed by atoms with Crippen LogP contribution in [0.3, 0.4) is 0 Å². The average Bonchev–Trinajstić information content (AvgIpc) is 3.09. The first-order chi connectivity index (χ1) is 11.1. The molecule has 0 aromatic carbocycles. The molecule has 1 aliphatic rings. The molecule has 1 saturated heterocycles. The van der Waals surface area contributed by atoms with Gasteiger partial charge in [-0.1, -0.05) is 6.07 Å². The zero-order valence-corrected chi connectivity index (χ0v) is 13.6. The summed E-state index contributed by atoms with van der Waals surface area (Å²) in [6.45, 7) is 1.98. The predicted octanol–water partition coefficient (Wildman–Crippen LogP) is 1.37. The standard InChI is InChI=1S/C16H18N4O2S/c1-19-7-8-20(10-12(19)13-5-3-9-23-13)16(22)11-4-2-6-18-14(11)15(17)21/h2-6,9,12H,7-8,10H2,1H3,(H2,17,21). The molecule has 0 bridgehead atoms. The van der Waals surface area contributed by atoms with Crippen molar-refractivity contribution in [3.63, 3.8) is 0 Å². The van der Waals surface area contributed by atoms with Crippen molar-refractivity contribution in [1.29, 1.82) is 0 Å². The lowest BCUT2D eigenvalue weighted by Crippen LogP contribution is -2.49. The lowest BCUT2D eigenvalue weighted by atomic mass is 10.1. The Morgan fingerprint density at radius 3 is 2.83 bits per heavy atom. The molecule has 2 aromatic rings. The van der Waals surface area contributed by atoms with Crippen molar-refractivity contribution in [3.8, 4) is 0 Å². The number of likely N-dealkylation sites (N-methyl/N-ethyl adjacent to an activating group) is 1. The topological polar surface area (TPSA) is 79.5 Å². The number of carbonyl (C=O) groups excluding carboxylic acids is 2. The molecule has 6 nitrogen and oxygen atoms in total. The quantitative estimate of drug-likeness (QED) is 0.922. The van der Waals surface area contributed by atoms with Gasteiger partial charge in [-0.3, -0.25) is 19.5 Å². The van der Waals surface area contributed by atoms with Gasteiger partial charge in [0.1, 0.15) is 5.69 Å². The van der Waals surface area contributed by atoms with Gasteiger partial charge in [0.15, 0.2) is 0 Å². The molecule has 0 aliphatic carbocycles. The molecule has 1 fully saturated rings. The van der Waals surface area contributed by atoms with Gasteiger partial charge in [-0.15, -0.1) is 11.3 Å². The highest BCUT2D eigenvalue weighted by Crippen LogP contribution is 2.28. The highest BCUT2D eigenvalue weighted by atomic mass is 32.1. The number of nitrogens with zero attached hydrogens (tertiary/aromatic N) is 3. The summed E-state index contributed by atoms with van der Waals surface area (Å²) in [7, 11) is 2.06. The zero-order chi connectivity index (χ0) is 16.4. The van der Waals surface area contributed by atoms with Crippen LogP contribution in [0.1, 0.15) is 31.8 Å². The highest BCUT2D eigenvalue weighted by Gasteiger charge is 2.31. The minimum Gasteiger partial charge on any atom is -0.364 e. The molecule has 0 saturated carbocycles. The van der Waals surface area contributed by atoms with Gasteiger partial charge in [0.2, 0.25) is 0 Å². The number of hydrogen-bond acceptors (Lipinski definition) is 5. The van der Waals surface area contributed by atoms with Crippen LogP contribution < -0.4 is 5.73 Å². The maximum atomic E-state index is 12.8. The van der Waals surface area contributed by atoms with Crippen LogP contribution in [0.25, 0.3) is 0 Å². The van der Waals surface area contributed by atoms with E-state index in [1.165, 1.54) is 11.1 Å². The summed E-state index contributed by atoms with van der Waals surface area (Å²) in [6.07, 6.45) is 1.47. The third kappa shape index (κ3) is 3.11. The number of primary amides is 1. The van der Waals surface area contributed by atoms with Crippen LogP contribution in [-0.4, -0.2) is 53.3 Å². The summed E-state index contributed by atoms with van der Waals surface area (Å²) in [6, 6.07) is 7.52. The smallest absolute Gasteiger partial charge is 0.268 e. The van der Waals surface area contributed by atoms with Crippen molar-refractivity contribution in [1.82, 2.24) is 14.8 Å². The Morgan fingerprint density at radius 2 is 2.13 bits per heavy atom. The van der Waals surface area contributed by atoms with Gasteiger partial charge in [-0.05, 0) is 30.6 Å². The van der Waals surface area contributed by atoms with Crippen molar-refractivity contribution in [2.24, 2.45) is 5.73 Å². The summed E-state index contributed by atoms with van der Waals surface area (Å²) < 4.78 is 0. The number of nitrogens with two attached hydrogens (primary N) is 1. The second kappa shape index (κ2) is 6.47. The predicted molar refractivity (Wildman–Crippen MR) is 88.3 cm³/mol. The highest BCUT2D eigenvalue weighted by molar-refractivity contribution is 7.10. The summed E-state index contributed by atoms with van der Waals surface area (Å²) in [5, 5.41) is 2.04. The fourth-order valence-electron chi connectivity index (χ4n) is 2.79. The number of thiophene rings is 1. The van der Waals surface area contributed by atoms with Crippen LogP contribution >= 0.6 is 11.3 Å². The van der Waals surface area contributed by atoms with Crippen LogP contribution in [0.5, 0.6) is 0 Å². The summed E-state index contributed by atoms with van der Waals surface area (Å²) in [5.41, 5.74) is 5.63. The minimum atomic E-state index is -0.683. The van der Waals surface area contributed by atoms with Gasteiger partial charge in [0.05, 0.1) is 11.6 Å². The van der Waals surface area contributed by atoms with E-state index in [2.05, 4.69) is 23.0 Å². The molecule has 0 spiro atoms. The largest absolute Gasteiger partial charge is 0.364 e. The second-order valence-electron chi connectivity index (χ2n) is 5.53. The fourth-order valence-corrected chi connectivity index (χ4v) is 3.67. The number of pyridine rings is 1.